The second kappa shape index (κ2) is 8.54. The van der Waals surface area contributed by atoms with E-state index in [9.17, 15) is 0 Å². The number of unbranched alkanes of at least 4 members (excludes halogenated alkanes) is 1. The third-order valence-corrected chi connectivity index (χ3v) is 2.81. The average molecular weight is 223 g/mol. The normalized spacial score (nSPS) is 13.4. The van der Waals surface area contributed by atoms with Crippen LogP contribution in [0.1, 0.15) is 39.5 Å². The molecule has 0 aromatic heterocycles. The molecule has 2 heteroatoms. The van der Waals surface area contributed by atoms with Crippen LogP contribution in [0.25, 0.3) is 0 Å². The first-order valence-electron chi connectivity index (χ1n) is 4.53. The van der Waals surface area contributed by atoms with Crippen molar-refractivity contribution in [2.75, 3.05) is 13.2 Å². The summed E-state index contributed by atoms with van der Waals surface area (Å²) in [4.78, 5) is 0.712. The molecule has 0 radical (unpaired) electrons. The van der Waals surface area contributed by atoms with Crippen molar-refractivity contribution in [2.24, 2.45) is 0 Å². The quantitative estimate of drug-likeness (QED) is 0.475. The van der Waals surface area contributed by atoms with Crippen LogP contribution in [0.4, 0.5) is 0 Å². The average Bonchev–Trinajstić information content (AvgIpc) is 2.04. The summed E-state index contributed by atoms with van der Waals surface area (Å²) in [5.74, 6) is 0. The Kier molecular flexibility index (Phi) is 8.88. The van der Waals surface area contributed by atoms with E-state index in [0.717, 1.165) is 13.2 Å². The van der Waals surface area contributed by atoms with Crippen LogP contribution in [-0.4, -0.2) is 18.0 Å². The lowest BCUT2D eigenvalue weighted by molar-refractivity contribution is 0.143. The lowest BCUT2D eigenvalue weighted by Crippen LogP contribution is -1.98. The number of alkyl halides is 1. The van der Waals surface area contributed by atoms with Crippen molar-refractivity contribution in [1.29, 1.82) is 0 Å². The van der Waals surface area contributed by atoms with Crippen LogP contribution in [0.15, 0.2) is 0 Å². The molecule has 0 aromatic carbocycles. The first-order chi connectivity index (χ1) is 5.31. The Morgan fingerprint density at radius 1 is 1.27 bits per heavy atom. The summed E-state index contributed by atoms with van der Waals surface area (Å²) < 4.78 is 5.23. The Hall–Kier alpha value is 0.440. The van der Waals surface area contributed by atoms with Gasteiger partial charge in [-0.15, -0.1) is 0 Å². The molecule has 1 unspecified atom stereocenters. The molecule has 1 atom stereocenters. The van der Waals surface area contributed by atoms with Gasteiger partial charge < -0.3 is 4.74 Å². The molecule has 0 aliphatic carbocycles. The molecule has 0 saturated heterocycles. The topological polar surface area (TPSA) is 9.23 Å². The predicted octanol–water partition coefficient (Wildman–Crippen LogP) is 3.37. The second-order valence-electron chi connectivity index (χ2n) is 2.70. The maximum absolute atomic E-state index is 5.23. The van der Waals surface area contributed by atoms with Gasteiger partial charge in [0.2, 0.25) is 0 Å². The van der Waals surface area contributed by atoms with Gasteiger partial charge in [0.25, 0.3) is 0 Å². The number of halogens is 1. The molecule has 0 rings (SSSR count). The molecule has 0 aliphatic rings. The van der Waals surface area contributed by atoms with Crippen LogP contribution in [0.2, 0.25) is 0 Å². The lowest BCUT2D eigenvalue weighted by Gasteiger charge is -2.05. The van der Waals surface area contributed by atoms with Crippen LogP contribution in [-0.2, 0) is 4.74 Å². The minimum atomic E-state index is 0.712. The largest absolute Gasteiger partial charge is 0.382 e. The molecule has 1 nitrogen and oxygen atoms in total. The molecule has 0 aromatic rings. The van der Waals surface area contributed by atoms with Gasteiger partial charge in [-0.2, -0.15) is 0 Å². The summed E-state index contributed by atoms with van der Waals surface area (Å²) in [6, 6.07) is 0. The maximum atomic E-state index is 5.23. The third-order valence-electron chi connectivity index (χ3n) is 1.70. The van der Waals surface area contributed by atoms with E-state index < -0.39 is 0 Å². The van der Waals surface area contributed by atoms with Crippen LogP contribution in [0, 0.1) is 0 Å². The summed E-state index contributed by atoms with van der Waals surface area (Å²) in [7, 11) is 0. The molecule has 68 valence electrons. The van der Waals surface area contributed by atoms with E-state index in [0.29, 0.717) is 4.83 Å². The second-order valence-corrected chi connectivity index (χ2v) is 3.99. The van der Waals surface area contributed by atoms with E-state index in [-0.39, 0.29) is 0 Å². The zero-order chi connectivity index (χ0) is 8.53. The molecule has 0 fully saturated rings. The highest BCUT2D eigenvalue weighted by molar-refractivity contribution is 9.09. The van der Waals surface area contributed by atoms with Gasteiger partial charge in [0.1, 0.15) is 0 Å². The van der Waals surface area contributed by atoms with Gasteiger partial charge in [-0.3, -0.25) is 0 Å². The molecule has 0 amide bonds. The molecule has 0 saturated carbocycles. The summed E-state index contributed by atoms with van der Waals surface area (Å²) in [5, 5.41) is 0. The first kappa shape index (κ1) is 11.4. The number of ether oxygens (including phenoxy) is 1. The summed E-state index contributed by atoms with van der Waals surface area (Å²) >= 11 is 3.61. The van der Waals surface area contributed by atoms with Gasteiger partial charge in [0, 0.05) is 18.0 Å². The Morgan fingerprint density at radius 2 is 2.00 bits per heavy atom. The fraction of sp³-hybridized carbons (Fsp3) is 1.00. The highest BCUT2D eigenvalue weighted by atomic mass is 79.9. The molecule has 11 heavy (non-hydrogen) atoms. The molecule has 0 aliphatic heterocycles. The Morgan fingerprint density at radius 3 is 2.55 bits per heavy atom. The van der Waals surface area contributed by atoms with Gasteiger partial charge >= 0.3 is 0 Å². The van der Waals surface area contributed by atoms with Crippen molar-refractivity contribution >= 4 is 15.9 Å². The molecule has 0 N–H and O–H groups in total. The zero-order valence-corrected chi connectivity index (χ0v) is 9.19. The van der Waals surface area contributed by atoms with Crippen LogP contribution in [0.5, 0.6) is 0 Å². The monoisotopic (exact) mass is 222 g/mol. The lowest BCUT2D eigenvalue weighted by atomic mass is 10.2. The van der Waals surface area contributed by atoms with Crippen molar-refractivity contribution in [3.8, 4) is 0 Å². The van der Waals surface area contributed by atoms with Gasteiger partial charge in [-0.25, -0.2) is 0 Å². The van der Waals surface area contributed by atoms with Crippen molar-refractivity contribution < 1.29 is 4.74 Å². The smallest absolute Gasteiger partial charge is 0.0465 e. The van der Waals surface area contributed by atoms with Gasteiger partial charge in [0.05, 0.1) is 0 Å². The Labute approximate surface area is 78.6 Å². The number of rotatable bonds is 7. The van der Waals surface area contributed by atoms with Crippen LogP contribution >= 0.6 is 15.9 Å². The third kappa shape index (κ3) is 8.35. The maximum Gasteiger partial charge on any atom is 0.0465 e. The van der Waals surface area contributed by atoms with Crippen LogP contribution < -0.4 is 0 Å². The fourth-order valence-electron chi connectivity index (χ4n) is 0.918. The van der Waals surface area contributed by atoms with E-state index in [1.807, 2.05) is 6.92 Å². The zero-order valence-electron chi connectivity index (χ0n) is 7.61. The molecule has 0 spiro atoms. The Balaban J connectivity index is 2.89. The van der Waals surface area contributed by atoms with Gasteiger partial charge in [-0.05, 0) is 26.2 Å². The molecule has 0 bridgehead atoms. The van der Waals surface area contributed by atoms with E-state index >= 15 is 0 Å². The standard InChI is InChI=1S/C9H19BrO/c1-3-9(10)7-5-6-8-11-4-2/h9H,3-8H2,1-2H3. The minimum absolute atomic E-state index is 0.712. The highest BCUT2D eigenvalue weighted by Crippen LogP contribution is 2.12. The molecular formula is C9H19BrO. The van der Waals surface area contributed by atoms with Crippen molar-refractivity contribution in [1.82, 2.24) is 0 Å². The summed E-state index contributed by atoms with van der Waals surface area (Å²) in [6.07, 6.45) is 5.00. The number of hydrogen-bond acceptors (Lipinski definition) is 1. The highest BCUT2D eigenvalue weighted by Gasteiger charge is 1.98. The first-order valence-corrected chi connectivity index (χ1v) is 5.44. The van der Waals surface area contributed by atoms with Gasteiger partial charge in [-0.1, -0.05) is 29.3 Å². The van der Waals surface area contributed by atoms with Crippen molar-refractivity contribution in [3.05, 3.63) is 0 Å². The molecule has 0 heterocycles. The SMILES string of the molecule is CCOCCCCC(Br)CC. The summed E-state index contributed by atoms with van der Waals surface area (Å²) in [5.41, 5.74) is 0. The predicted molar refractivity (Wildman–Crippen MR) is 53.4 cm³/mol. The van der Waals surface area contributed by atoms with Gasteiger partial charge in [0.15, 0.2) is 0 Å². The summed E-state index contributed by atoms with van der Waals surface area (Å²) in [6.45, 7) is 6.03. The number of hydrogen-bond donors (Lipinski definition) is 0. The van der Waals surface area contributed by atoms with E-state index in [2.05, 4.69) is 22.9 Å². The molecular weight excluding hydrogens is 204 g/mol. The van der Waals surface area contributed by atoms with Crippen LogP contribution in [0.3, 0.4) is 0 Å². The van der Waals surface area contributed by atoms with Crippen molar-refractivity contribution in [3.63, 3.8) is 0 Å². The Bertz CT molecular complexity index is 76.0. The minimum Gasteiger partial charge on any atom is -0.382 e. The van der Waals surface area contributed by atoms with Crippen molar-refractivity contribution in [2.45, 2.75) is 44.4 Å². The fourth-order valence-corrected chi connectivity index (χ4v) is 1.24. The van der Waals surface area contributed by atoms with E-state index in [1.54, 1.807) is 0 Å². The van der Waals surface area contributed by atoms with E-state index in [1.165, 1.54) is 25.7 Å². The van der Waals surface area contributed by atoms with E-state index in [4.69, 9.17) is 4.74 Å².